The number of hydrogen-bond donors (Lipinski definition) is 1. The lowest BCUT2D eigenvalue weighted by Crippen LogP contribution is -2.45. The molecule has 0 fully saturated rings. The third kappa shape index (κ3) is 3.52. The van der Waals surface area contributed by atoms with Gasteiger partial charge < -0.3 is 9.84 Å². The molecular formula is C17H13F3N2O3S2. The van der Waals surface area contributed by atoms with E-state index in [0.717, 1.165) is 4.57 Å². The van der Waals surface area contributed by atoms with E-state index in [0.29, 0.717) is 23.0 Å². The highest BCUT2D eigenvalue weighted by Gasteiger charge is 2.38. The fourth-order valence-corrected chi connectivity index (χ4v) is 3.21. The van der Waals surface area contributed by atoms with Gasteiger partial charge in [0, 0.05) is 11.6 Å². The highest BCUT2D eigenvalue weighted by molar-refractivity contribution is 7.83. The molecule has 1 aromatic heterocycles. The molecule has 1 atom stereocenters. The average Bonchev–Trinajstić information content (AvgIpc) is 2.55. The van der Waals surface area contributed by atoms with Crippen molar-refractivity contribution in [1.29, 1.82) is 0 Å². The van der Waals surface area contributed by atoms with E-state index in [2.05, 4.69) is 4.98 Å². The number of aliphatic hydroxyl groups is 1. The molecule has 5 nitrogen and oxygen atoms in total. The van der Waals surface area contributed by atoms with Crippen molar-refractivity contribution in [2.75, 3.05) is 0 Å². The van der Waals surface area contributed by atoms with Gasteiger partial charge in [-0.25, -0.2) is 4.98 Å². The van der Waals surface area contributed by atoms with Gasteiger partial charge in [0.2, 0.25) is 0 Å². The quantitative estimate of drug-likeness (QED) is 0.751. The number of aromatic nitrogens is 2. The number of hydrogen-bond acceptors (Lipinski definition) is 6. The van der Waals surface area contributed by atoms with Crippen molar-refractivity contribution in [2.24, 2.45) is 0 Å². The van der Waals surface area contributed by atoms with Crippen LogP contribution in [0.4, 0.5) is 13.2 Å². The molecule has 0 saturated heterocycles. The predicted molar refractivity (Wildman–Crippen MR) is 99.4 cm³/mol. The van der Waals surface area contributed by atoms with Gasteiger partial charge in [-0.1, -0.05) is 24.4 Å². The van der Waals surface area contributed by atoms with E-state index in [4.69, 9.17) is 29.2 Å². The van der Waals surface area contributed by atoms with Crippen molar-refractivity contribution in [3.05, 3.63) is 63.3 Å². The lowest BCUT2D eigenvalue weighted by atomic mass is 9.82. The molecule has 142 valence electrons. The normalized spacial score (nSPS) is 22.5. The van der Waals surface area contributed by atoms with Crippen LogP contribution in [0.15, 0.2) is 46.2 Å². The summed E-state index contributed by atoms with van der Waals surface area (Å²) in [6.45, 7) is 2.68. The summed E-state index contributed by atoms with van der Waals surface area (Å²) < 4.78 is 44.8. The number of nitrogens with zero attached hydrogens (tertiary/aromatic N) is 2. The molecule has 0 bridgehead atoms. The van der Waals surface area contributed by atoms with Crippen molar-refractivity contribution in [1.82, 2.24) is 9.55 Å². The van der Waals surface area contributed by atoms with Crippen LogP contribution in [0.25, 0.3) is 0 Å². The Balaban J connectivity index is 1.94. The lowest BCUT2D eigenvalue weighted by molar-refractivity contribution is -0.141. The van der Waals surface area contributed by atoms with E-state index in [1.165, 1.54) is 20.1 Å². The predicted octanol–water partition coefficient (Wildman–Crippen LogP) is 2.80. The Morgan fingerprint density at radius 1 is 1.33 bits per heavy atom. The van der Waals surface area contributed by atoms with Crippen molar-refractivity contribution in [3.8, 4) is 0 Å². The summed E-state index contributed by atoms with van der Waals surface area (Å²) in [7, 11) is 0. The fourth-order valence-electron chi connectivity index (χ4n) is 2.65. The standard InChI is InChI=1S/C17H13F3N2O3S2/c1-8-21-12(17(18,19)20)5-14(23)22(8)6-10-3-9-4-13(26)16(2,24)15(27)11(9)7-25-10/h3-5,7,24H,6H2,1-2H3. The third-order valence-corrected chi connectivity index (χ3v) is 5.35. The molecule has 2 heterocycles. The summed E-state index contributed by atoms with van der Waals surface area (Å²) in [4.78, 5) is 16.0. The summed E-state index contributed by atoms with van der Waals surface area (Å²) in [5, 5.41) is 10.3. The second-order valence-corrected chi connectivity index (χ2v) is 7.08. The highest BCUT2D eigenvalue weighted by Crippen LogP contribution is 2.33. The number of fused-ring (bicyclic) bond motifs is 1. The Hall–Kier alpha value is -2.17. The Kier molecular flexibility index (Phi) is 4.69. The first-order chi connectivity index (χ1) is 12.4. The second kappa shape index (κ2) is 6.47. The van der Waals surface area contributed by atoms with Crippen LogP contribution < -0.4 is 5.56 Å². The molecule has 0 radical (unpaired) electrons. The van der Waals surface area contributed by atoms with Gasteiger partial charge in [0.25, 0.3) is 5.56 Å². The molecule has 1 N–H and O–H groups in total. The SMILES string of the molecule is Cc1nc(C(F)(F)F)cc(=O)n1CC1=CC2=CC(=S)C(C)(O)C(=S)C2=CO1. The number of alkyl halides is 3. The van der Waals surface area contributed by atoms with Gasteiger partial charge in [-0.3, -0.25) is 9.36 Å². The van der Waals surface area contributed by atoms with Crippen molar-refractivity contribution < 1.29 is 23.0 Å². The Morgan fingerprint density at radius 3 is 2.59 bits per heavy atom. The molecule has 10 heteroatoms. The van der Waals surface area contributed by atoms with E-state index < -0.39 is 23.0 Å². The molecule has 27 heavy (non-hydrogen) atoms. The number of aryl methyl sites for hydroxylation is 1. The molecule has 1 aliphatic carbocycles. The van der Waals surface area contributed by atoms with E-state index in [-0.39, 0.29) is 22.1 Å². The van der Waals surface area contributed by atoms with E-state index in [1.807, 2.05) is 0 Å². The maximum absolute atomic E-state index is 12.8. The van der Waals surface area contributed by atoms with Gasteiger partial charge in [0.05, 0.1) is 22.5 Å². The summed E-state index contributed by atoms with van der Waals surface area (Å²) in [6, 6.07) is 0.443. The summed E-state index contributed by atoms with van der Waals surface area (Å²) in [5.41, 5.74) is -2.44. The molecule has 2 aliphatic rings. The minimum Gasteiger partial charge on any atom is -0.467 e. The molecule has 1 aromatic rings. The first kappa shape index (κ1) is 19.6. The number of rotatable bonds is 2. The number of thiocarbonyl (C=S) groups is 2. The average molecular weight is 414 g/mol. The summed E-state index contributed by atoms with van der Waals surface area (Å²) >= 11 is 10.4. The van der Waals surface area contributed by atoms with Gasteiger partial charge in [0.1, 0.15) is 17.2 Å². The largest absolute Gasteiger partial charge is 0.467 e. The van der Waals surface area contributed by atoms with Crippen LogP contribution in [0.1, 0.15) is 18.4 Å². The van der Waals surface area contributed by atoms with Crippen LogP contribution in [0, 0.1) is 6.92 Å². The molecule has 0 amide bonds. The fraction of sp³-hybridized carbons (Fsp3) is 0.294. The minimum absolute atomic E-state index is 0.0966. The summed E-state index contributed by atoms with van der Waals surface area (Å²) in [6.07, 6.45) is -0.221. The van der Waals surface area contributed by atoms with Gasteiger partial charge >= 0.3 is 6.18 Å². The molecule has 1 unspecified atom stereocenters. The number of halogens is 3. The maximum atomic E-state index is 12.8. The molecule has 3 rings (SSSR count). The van der Waals surface area contributed by atoms with E-state index >= 15 is 0 Å². The molecule has 1 aliphatic heterocycles. The van der Waals surface area contributed by atoms with Crippen LogP contribution in [-0.4, -0.2) is 30.0 Å². The van der Waals surface area contributed by atoms with Crippen molar-refractivity contribution >= 4 is 34.2 Å². The molecular weight excluding hydrogens is 401 g/mol. The zero-order valence-corrected chi connectivity index (χ0v) is 15.8. The smallest absolute Gasteiger partial charge is 0.433 e. The van der Waals surface area contributed by atoms with Gasteiger partial charge in [0.15, 0.2) is 5.69 Å². The first-order valence-corrected chi connectivity index (χ1v) is 8.49. The van der Waals surface area contributed by atoms with E-state index in [9.17, 15) is 23.1 Å². The van der Waals surface area contributed by atoms with Gasteiger partial charge in [-0.15, -0.1) is 0 Å². The molecule has 0 spiro atoms. The number of allylic oxidation sites excluding steroid dienone is 3. The van der Waals surface area contributed by atoms with Gasteiger partial charge in [-0.05, 0) is 31.6 Å². The van der Waals surface area contributed by atoms with Crippen LogP contribution in [0.2, 0.25) is 0 Å². The summed E-state index contributed by atoms with van der Waals surface area (Å²) in [5.74, 6) is 0.199. The zero-order valence-electron chi connectivity index (χ0n) is 14.1. The minimum atomic E-state index is -4.70. The monoisotopic (exact) mass is 414 g/mol. The van der Waals surface area contributed by atoms with Crippen molar-refractivity contribution in [2.45, 2.75) is 32.2 Å². The maximum Gasteiger partial charge on any atom is 0.433 e. The topological polar surface area (TPSA) is 64.4 Å². The zero-order chi connectivity index (χ0) is 20.1. The van der Waals surface area contributed by atoms with Crippen LogP contribution >= 0.6 is 24.4 Å². The number of ether oxygens (including phenoxy) is 1. The second-order valence-electron chi connectivity index (χ2n) is 6.24. The van der Waals surface area contributed by atoms with Gasteiger partial charge in [-0.2, -0.15) is 13.2 Å². The first-order valence-electron chi connectivity index (χ1n) is 7.68. The van der Waals surface area contributed by atoms with Crippen LogP contribution in [-0.2, 0) is 17.5 Å². The lowest BCUT2D eigenvalue weighted by Gasteiger charge is -2.32. The Bertz CT molecular complexity index is 1020. The van der Waals surface area contributed by atoms with Crippen LogP contribution in [0.3, 0.4) is 0 Å². The molecule has 0 saturated carbocycles. The van der Waals surface area contributed by atoms with Crippen molar-refractivity contribution in [3.63, 3.8) is 0 Å². The third-order valence-electron chi connectivity index (χ3n) is 4.21. The Morgan fingerprint density at radius 2 is 2.00 bits per heavy atom. The van der Waals surface area contributed by atoms with E-state index in [1.54, 1.807) is 12.2 Å². The Labute approximate surface area is 162 Å². The van der Waals surface area contributed by atoms with Crippen LogP contribution in [0.5, 0.6) is 0 Å². The highest BCUT2D eigenvalue weighted by atomic mass is 32.1. The molecule has 0 aromatic carbocycles.